The summed E-state index contributed by atoms with van der Waals surface area (Å²) in [5.41, 5.74) is 3.14. The molecule has 37 heavy (non-hydrogen) atoms. The first-order valence-corrected chi connectivity index (χ1v) is 11.9. The van der Waals surface area contributed by atoms with Gasteiger partial charge in [0.1, 0.15) is 18.2 Å². The molecule has 6 rings (SSSR count). The Labute approximate surface area is 210 Å². The van der Waals surface area contributed by atoms with Gasteiger partial charge in [-0.05, 0) is 48.4 Å². The van der Waals surface area contributed by atoms with Gasteiger partial charge in [0.2, 0.25) is 0 Å². The number of fused-ring (bicyclic) bond motifs is 1. The fourth-order valence-electron chi connectivity index (χ4n) is 4.40. The molecule has 0 saturated carbocycles. The van der Waals surface area contributed by atoms with E-state index in [0.717, 1.165) is 24.3 Å². The van der Waals surface area contributed by atoms with Gasteiger partial charge in [0.25, 0.3) is 5.56 Å². The van der Waals surface area contributed by atoms with E-state index < -0.39 is 5.82 Å². The molecule has 5 aromatic rings. The van der Waals surface area contributed by atoms with E-state index in [0.29, 0.717) is 47.1 Å². The molecule has 0 radical (unpaired) electrons. The second-order valence-electron chi connectivity index (χ2n) is 8.80. The van der Waals surface area contributed by atoms with Gasteiger partial charge in [-0.15, -0.1) is 0 Å². The van der Waals surface area contributed by atoms with Crippen LogP contribution in [0.4, 0.5) is 15.9 Å². The number of pyridine rings is 3. The van der Waals surface area contributed by atoms with Crippen molar-refractivity contribution in [1.29, 1.82) is 0 Å². The van der Waals surface area contributed by atoms with Gasteiger partial charge in [-0.1, -0.05) is 0 Å². The summed E-state index contributed by atoms with van der Waals surface area (Å²) in [5, 5.41) is 11.0. The highest BCUT2D eigenvalue weighted by molar-refractivity contribution is 5.94. The molecular formula is C27H23FN6O3. The Morgan fingerprint density at radius 3 is 2.84 bits per heavy atom. The molecule has 0 aliphatic carbocycles. The van der Waals surface area contributed by atoms with Crippen LogP contribution < -0.4 is 15.6 Å². The summed E-state index contributed by atoms with van der Waals surface area (Å²) in [6.45, 7) is 1.66. The van der Waals surface area contributed by atoms with E-state index in [4.69, 9.17) is 9.47 Å². The predicted molar refractivity (Wildman–Crippen MR) is 136 cm³/mol. The maximum Gasteiger partial charge on any atom is 0.259 e. The molecule has 1 aliphatic heterocycles. The van der Waals surface area contributed by atoms with Crippen LogP contribution in [-0.2, 0) is 11.3 Å². The highest BCUT2D eigenvalue weighted by Gasteiger charge is 2.21. The van der Waals surface area contributed by atoms with Crippen molar-refractivity contribution in [2.75, 3.05) is 18.5 Å². The molecular weight excluding hydrogens is 475 g/mol. The van der Waals surface area contributed by atoms with E-state index in [1.807, 2.05) is 18.2 Å². The lowest BCUT2D eigenvalue weighted by Crippen LogP contribution is -2.09. The van der Waals surface area contributed by atoms with Gasteiger partial charge in [-0.2, -0.15) is 5.10 Å². The fraction of sp³-hybridized carbons (Fsp3) is 0.185. The number of benzene rings is 1. The van der Waals surface area contributed by atoms with Crippen LogP contribution in [0.5, 0.6) is 5.75 Å². The van der Waals surface area contributed by atoms with Gasteiger partial charge in [0, 0.05) is 54.5 Å². The molecule has 0 amide bonds. The maximum atomic E-state index is 15.2. The average Bonchev–Trinajstić information content (AvgIpc) is 3.61. The van der Waals surface area contributed by atoms with Crippen molar-refractivity contribution in [3.05, 3.63) is 94.5 Å². The first-order valence-electron chi connectivity index (χ1n) is 11.9. The standard InChI is InChI=1S/C27H23FN6O3/c28-20-11-18(37-14-16-3-7-29-8-4-16)1-2-19(20)23-12-24(26-21(31-23)5-9-30-27(26)35)32-25-13-22(33-34-25)17-6-10-36-15-17/h1-5,7-9,11-13,17H,6,10,14-15H2,(H,30,35)(H2,31,32,33,34). The van der Waals surface area contributed by atoms with Crippen LogP contribution in [0.25, 0.3) is 22.2 Å². The molecule has 1 aromatic carbocycles. The first kappa shape index (κ1) is 22.9. The van der Waals surface area contributed by atoms with Crippen LogP contribution >= 0.6 is 0 Å². The van der Waals surface area contributed by atoms with Crippen molar-refractivity contribution < 1.29 is 13.9 Å². The van der Waals surface area contributed by atoms with Crippen LogP contribution in [0.15, 0.2) is 71.9 Å². The van der Waals surface area contributed by atoms with Crippen LogP contribution in [0.2, 0.25) is 0 Å². The molecule has 1 atom stereocenters. The largest absolute Gasteiger partial charge is 0.489 e. The second kappa shape index (κ2) is 9.82. The summed E-state index contributed by atoms with van der Waals surface area (Å²) in [5.74, 6) is 0.709. The summed E-state index contributed by atoms with van der Waals surface area (Å²) in [4.78, 5) is 23.9. The minimum Gasteiger partial charge on any atom is -0.489 e. The molecule has 0 spiro atoms. The third-order valence-corrected chi connectivity index (χ3v) is 6.33. The van der Waals surface area contributed by atoms with Crippen molar-refractivity contribution >= 4 is 22.4 Å². The van der Waals surface area contributed by atoms with Crippen LogP contribution in [0.1, 0.15) is 23.6 Å². The monoisotopic (exact) mass is 498 g/mol. The zero-order chi connectivity index (χ0) is 25.2. The lowest BCUT2D eigenvalue weighted by atomic mass is 10.1. The molecule has 1 aliphatic rings. The topological polar surface area (TPSA) is 118 Å². The average molecular weight is 499 g/mol. The lowest BCUT2D eigenvalue weighted by Gasteiger charge is -2.12. The van der Waals surface area contributed by atoms with Crippen molar-refractivity contribution in [2.24, 2.45) is 0 Å². The first-order chi connectivity index (χ1) is 18.1. The van der Waals surface area contributed by atoms with Gasteiger partial charge in [0.05, 0.1) is 28.9 Å². The number of aromatic nitrogens is 5. The van der Waals surface area contributed by atoms with Gasteiger partial charge >= 0.3 is 0 Å². The van der Waals surface area contributed by atoms with Crippen LogP contribution in [0, 0.1) is 5.82 Å². The Balaban J connectivity index is 1.32. The number of hydrogen-bond donors (Lipinski definition) is 3. The number of ether oxygens (including phenoxy) is 2. The molecule has 1 fully saturated rings. The second-order valence-corrected chi connectivity index (χ2v) is 8.80. The minimum absolute atomic E-state index is 0.254. The predicted octanol–water partition coefficient (Wildman–Crippen LogP) is 4.67. The highest BCUT2D eigenvalue weighted by atomic mass is 19.1. The zero-order valence-corrected chi connectivity index (χ0v) is 19.7. The third-order valence-electron chi connectivity index (χ3n) is 6.33. The van der Waals surface area contributed by atoms with E-state index >= 15 is 4.39 Å². The molecule has 5 heterocycles. The van der Waals surface area contributed by atoms with Gasteiger partial charge in [0.15, 0.2) is 5.82 Å². The number of aromatic amines is 2. The van der Waals surface area contributed by atoms with Gasteiger partial charge < -0.3 is 19.8 Å². The molecule has 0 bridgehead atoms. The van der Waals surface area contributed by atoms with Gasteiger partial charge in [-0.3, -0.25) is 14.9 Å². The number of nitrogens with zero attached hydrogens (tertiary/aromatic N) is 3. The Kier molecular flexibility index (Phi) is 6.07. The molecule has 4 aromatic heterocycles. The third kappa shape index (κ3) is 4.78. The van der Waals surface area contributed by atoms with E-state index in [2.05, 4.69) is 30.5 Å². The molecule has 10 heteroatoms. The van der Waals surface area contributed by atoms with E-state index in [-0.39, 0.29) is 17.0 Å². The number of halogens is 1. The number of H-pyrrole nitrogens is 2. The van der Waals surface area contributed by atoms with Gasteiger partial charge in [-0.25, -0.2) is 9.37 Å². The number of anilines is 2. The van der Waals surface area contributed by atoms with Crippen LogP contribution in [0.3, 0.4) is 0 Å². The Bertz CT molecular complexity index is 1610. The van der Waals surface area contributed by atoms with Crippen molar-refractivity contribution in [2.45, 2.75) is 18.9 Å². The maximum absolute atomic E-state index is 15.2. The SMILES string of the molecule is O=c1[nH]ccc2nc(-c3ccc(OCc4ccncc4)cc3F)cc(Nc3cc(C4CCOC4)[nH]n3)c12. The molecule has 3 N–H and O–H groups in total. The van der Waals surface area contributed by atoms with E-state index in [1.165, 1.54) is 12.3 Å². The Morgan fingerprint density at radius 1 is 1.14 bits per heavy atom. The number of hydrogen-bond acceptors (Lipinski definition) is 7. The molecule has 9 nitrogen and oxygen atoms in total. The highest BCUT2D eigenvalue weighted by Crippen LogP contribution is 2.32. The normalized spacial score (nSPS) is 15.2. The summed E-state index contributed by atoms with van der Waals surface area (Å²) in [6, 6.07) is 13.6. The zero-order valence-electron chi connectivity index (χ0n) is 19.7. The minimum atomic E-state index is -0.488. The van der Waals surface area contributed by atoms with Crippen molar-refractivity contribution in [1.82, 2.24) is 25.1 Å². The number of nitrogens with one attached hydrogen (secondary N) is 3. The fourth-order valence-corrected chi connectivity index (χ4v) is 4.40. The summed E-state index contributed by atoms with van der Waals surface area (Å²) in [6.07, 6.45) is 5.80. The van der Waals surface area contributed by atoms with E-state index in [1.54, 1.807) is 36.7 Å². The molecule has 1 saturated heterocycles. The number of rotatable bonds is 7. The van der Waals surface area contributed by atoms with Crippen molar-refractivity contribution in [3.8, 4) is 17.0 Å². The Hall–Kier alpha value is -4.57. The summed E-state index contributed by atoms with van der Waals surface area (Å²) < 4.78 is 26.4. The van der Waals surface area contributed by atoms with Crippen LogP contribution in [-0.4, -0.2) is 38.4 Å². The molecule has 186 valence electrons. The Morgan fingerprint density at radius 2 is 2.03 bits per heavy atom. The summed E-state index contributed by atoms with van der Waals surface area (Å²) >= 11 is 0. The lowest BCUT2D eigenvalue weighted by molar-refractivity contribution is 0.193. The smallest absolute Gasteiger partial charge is 0.259 e. The quantitative estimate of drug-likeness (QED) is 0.298. The van der Waals surface area contributed by atoms with E-state index in [9.17, 15) is 4.79 Å². The molecule has 1 unspecified atom stereocenters. The van der Waals surface area contributed by atoms with Crippen molar-refractivity contribution in [3.63, 3.8) is 0 Å². The summed E-state index contributed by atoms with van der Waals surface area (Å²) in [7, 11) is 0.